The van der Waals surface area contributed by atoms with E-state index >= 15 is 0 Å². The minimum absolute atomic E-state index is 0.0180. The number of fused-ring (bicyclic) bond motifs is 1. The molecule has 1 aliphatic rings. The molecule has 3 nitrogen and oxygen atoms in total. The fourth-order valence-corrected chi connectivity index (χ4v) is 3.23. The molecule has 23 heavy (non-hydrogen) atoms. The molecule has 3 rings (SSSR count). The number of aliphatic hydroxyl groups is 1. The van der Waals surface area contributed by atoms with Crippen molar-refractivity contribution in [1.82, 2.24) is 0 Å². The summed E-state index contributed by atoms with van der Waals surface area (Å²) in [7, 11) is 0. The van der Waals surface area contributed by atoms with Crippen LogP contribution in [-0.2, 0) is 16.6 Å². The zero-order valence-electron chi connectivity index (χ0n) is 14.1. The van der Waals surface area contributed by atoms with Gasteiger partial charge in [0, 0.05) is 5.69 Å². The van der Waals surface area contributed by atoms with Gasteiger partial charge in [-0.15, -0.1) is 0 Å². The van der Waals surface area contributed by atoms with Crippen LogP contribution in [0.1, 0.15) is 54.7 Å². The smallest absolute Gasteiger partial charge is 0.234 e. The molecule has 1 heterocycles. The van der Waals surface area contributed by atoms with Crippen molar-refractivity contribution in [2.45, 2.75) is 45.6 Å². The van der Waals surface area contributed by atoms with Crippen LogP contribution in [0.4, 0.5) is 5.69 Å². The van der Waals surface area contributed by atoms with Gasteiger partial charge in [-0.3, -0.25) is 4.79 Å². The van der Waals surface area contributed by atoms with Gasteiger partial charge in [0.05, 0.1) is 5.41 Å². The minimum Gasteiger partial charge on any atom is -0.384 e. The number of anilines is 1. The van der Waals surface area contributed by atoms with E-state index in [4.69, 9.17) is 0 Å². The predicted octanol–water partition coefficient (Wildman–Crippen LogP) is 3.87. The number of carbonyl (C=O) groups excluding carboxylic acids is 1. The molecule has 0 saturated carbocycles. The molecule has 1 unspecified atom stereocenters. The van der Waals surface area contributed by atoms with Crippen molar-refractivity contribution < 1.29 is 9.90 Å². The van der Waals surface area contributed by atoms with E-state index in [1.807, 2.05) is 57.2 Å². The van der Waals surface area contributed by atoms with Crippen molar-refractivity contribution in [3.05, 3.63) is 64.2 Å². The van der Waals surface area contributed by atoms with Crippen LogP contribution in [0.25, 0.3) is 0 Å². The molecule has 0 bridgehead atoms. The lowest BCUT2D eigenvalue weighted by Crippen LogP contribution is -2.26. The summed E-state index contributed by atoms with van der Waals surface area (Å²) in [6.07, 6.45) is 0.129. The Balaban J connectivity index is 2.12. The van der Waals surface area contributed by atoms with Crippen LogP contribution in [0.2, 0.25) is 0 Å². The molecule has 1 amide bonds. The summed E-state index contributed by atoms with van der Waals surface area (Å²) < 4.78 is 0. The fraction of sp³-hybridized carbons (Fsp3) is 0.350. The minimum atomic E-state index is -0.683. The lowest BCUT2D eigenvalue weighted by atomic mass is 9.83. The highest BCUT2D eigenvalue weighted by atomic mass is 16.3. The standard InChI is InChI=1S/C20H23NO2/c1-5-13-10-15(18(22)14-8-6-7-12(2)9-14)11-16-17(13)21-19(23)20(16,3)4/h6-11,18,22H,5H2,1-4H3,(H,21,23). The number of aliphatic hydroxyl groups excluding tert-OH is 1. The summed E-state index contributed by atoms with van der Waals surface area (Å²) in [5.41, 5.74) is 5.24. The fourth-order valence-electron chi connectivity index (χ4n) is 3.23. The summed E-state index contributed by atoms with van der Waals surface area (Å²) in [5.74, 6) is 0.0180. The molecular formula is C20H23NO2. The van der Waals surface area contributed by atoms with E-state index in [-0.39, 0.29) is 5.91 Å². The first-order valence-electron chi connectivity index (χ1n) is 8.08. The van der Waals surface area contributed by atoms with Crippen molar-refractivity contribution in [3.63, 3.8) is 0 Å². The Morgan fingerprint density at radius 3 is 2.57 bits per heavy atom. The first kappa shape index (κ1) is 15.8. The molecule has 0 aromatic heterocycles. The Labute approximate surface area is 137 Å². The van der Waals surface area contributed by atoms with Gasteiger partial charge in [-0.1, -0.05) is 42.8 Å². The SMILES string of the molecule is CCc1cc(C(O)c2cccc(C)c2)cc2c1NC(=O)C2(C)C. The molecule has 0 spiro atoms. The second-order valence-electron chi connectivity index (χ2n) is 6.85. The van der Waals surface area contributed by atoms with Gasteiger partial charge in [0.2, 0.25) is 5.91 Å². The van der Waals surface area contributed by atoms with E-state index in [1.165, 1.54) is 0 Å². The van der Waals surface area contributed by atoms with Crippen LogP contribution in [-0.4, -0.2) is 11.0 Å². The van der Waals surface area contributed by atoms with Crippen LogP contribution < -0.4 is 5.32 Å². The molecule has 0 radical (unpaired) electrons. The third-order valence-electron chi connectivity index (χ3n) is 4.78. The summed E-state index contributed by atoms with van der Waals surface area (Å²) >= 11 is 0. The quantitative estimate of drug-likeness (QED) is 0.904. The molecule has 0 aliphatic carbocycles. The molecule has 2 aromatic rings. The van der Waals surface area contributed by atoms with Crippen LogP contribution in [0.3, 0.4) is 0 Å². The molecule has 0 saturated heterocycles. The highest BCUT2D eigenvalue weighted by Gasteiger charge is 2.39. The number of amides is 1. The maximum absolute atomic E-state index is 12.2. The molecule has 1 atom stereocenters. The van der Waals surface area contributed by atoms with Gasteiger partial charge < -0.3 is 10.4 Å². The number of aryl methyl sites for hydroxylation is 2. The summed E-state index contributed by atoms with van der Waals surface area (Å²) in [6.45, 7) is 7.94. The van der Waals surface area contributed by atoms with Crippen molar-refractivity contribution >= 4 is 11.6 Å². The van der Waals surface area contributed by atoms with Gasteiger partial charge >= 0.3 is 0 Å². The topological polar surface area (TPSA) is 49.3 Å². The maximum atomic E-state index is 12.2. The first-order chi connectivity index (χ1) is 10.8. The van der Waals surface area contributed by atoms with Crippen molar-refractivity contribution in [1.29, 1.82) is 0 Å². The van der Waals surface area contributed by atoms with Gasteiger partial charge in [-0.05, 0) is 55.5 Å². The van der Waals surface area contributed by atoms with E-state index in [9.17, 15) is 9.90 Å². The van der Waals surface area contributed by atoms with E-state index in [2.05, 4.69) is 12.2 Å². The zero-order valence-corrected chi connectivity index (χ0v) is 14.1. The van der Waals surface area contributed by atoms with Crippen LogP contribution in [0.5, 0.6) is 0 Å². The normalized spacial score (nSPS) is 16.8. The molecule has 2 N–H and O–H groups in total. The van der Waals surface area contributed by atoms with Crippen LogP contribution in [0.15, 0.2) is 36.4 Å². The summed E-state index contributed by atoms with van der Waals surface area (Å²) in [6, 6.07) is 11.9. The van der Waals surface area contributed by atoms with Gasteiger partial charge in [0.25, 0.3) is 0 Å². The summed E-state index contributed by atoms with van der Waals surface area (Å²) in [5, 5.41) is 13.8. The third-order valence-corrected chi connectivity index (χ3v) is 4.78. The molecule has 1 aliphatic heterocycles. The van der Waals surface area contributed by atoms with Crippen molar-refractivity contribution in [2.75, 3.05) is 5.32 Å². The average Bonchev–Trinajstić information content (AvgIpc) is 2.76. The number of nitrogens with one attached hydrogen (secondary N) is 1. The zero-order chi connectivity index (χ0) is 16.8. The number of hydrogen-bond donors (Lipinski definition) is 2. The Hall–Kier alpha value is -2.13. The second-order valence-corrected chi connectivity index (χ2v) is 6.85. The predicted molar refractivity (Wildman–Crippen MR) is 92.7 cm³/mol. The van der Waals surface area contributed by atoms with Gasteiger partial charge in [0.15, 0.2) is 0 Å². The first-order valence-corrected chi connectivity index (χ1v) is 8.08. The Morgan fingerprint density at radius 1 is 1.17 bits per heavy atom. The lowest BCUT2D eigenvalue weighted by molar-refractivity contribution is -0.119. The van der Waals surface area contributed by atoms with E-state index in [0.29, 0.717) is 0 Å². The lowest BCUT2D eigenvalue weighted by Gasteiger charge is -2.20. The molecule has 2 aromatic carbocycles. The molecule has 120 valence electrons. The van der Waals surface area contributed by atoms with Crippen LogP contribution in [0, 0.1) is 6.92 Å². The number of rotatable bonds is 3. The van der Waals surface area contributed by atoms with Crippen molar-refractivity contribution in [3.8, 4) is 0 Å². The highest BCUT2D eigenvalue weighted by molar-refractivity contribution is 6.06. The monoisotopic (exact) mass is 309 g/mol. The van der Waals surface area contributed by atoms with E-state index < -0.39 is 11.5 Å². The largest absolute Gasteiger partial charge is 0.384 e. The Kier molecular flexibility index (Phi) is 3.77. The Morgan fingerprint density at radius 2 is 1.91 bits per heavy atom. The molecule has 3 heteroatoms. The van der Waals surface area contributed by atoms with E-state index in [1.54, 1.807) is 0 Å². The highest BCUT2D eigenvalue weighted by Crippen LogP contribution is 2.42. The average molecular weight is 309 g/mol. The molecular weight excluding hydrogens is 286 g/mol. The van der Waals surface area contributed by atoms with Crippen LogP contribution >= 0.6 is 0 Å². The van der Waals surface area contributed by atoms with Gasteiger partial charge in [-0.2, -0.15) is 0 Å². The van der Waals surface area contributed by atoms with E-state index in [0.717, 1.165) is 39.9 Å². The maximum Gasteiger partial charge on any atom is 0.234 e. The number of carbonyl (C=O) groups is 1. The van der Waals surface area contributed by atoms with Gasteiger partial charge in [0.1, 0.15) is 6.10 Å². The number of benzene rings is 2. The number of hydrogen-bond acceptors (Lipinski definition) is 2. The summed E-state index contributed by atoms with van der Waals surface area (Å²) in [4.78, 5) is 12.2. The third kappa shape index (κ3) is 2.55. The van der Waals surface area contributed by atoms with Crippen molar-refractivity contribution in [2.24, 2.45) is 0 Å². The molecule has 0 fully saturated rings. The van der Waals surface area contributed by atoms with Gasteiger partial charge in [-0.25, -0.2) is 0 Å². The Bertz CT molecular complexity index is 777. The second kappa shape index (κ2) is 5.50.